The molecule has 0 unspecified atom stereocenters. The van der Waals surface area contributed by atoms with Gasteiger partial charge in [0, 0.05) is 22.9 Å². The van der Waals surface area contributed by atoms with Gasteiger partial charge in [0.15, 0.2) is 5.78 Å². The van der Waals surface area contributed by atoms with Gasteiger partial charge in [0.05, 0.1) is 20.8 Å². The maximum Gasteiger partial charge on any atom is 0.188 e. The van der Waals surface area contributed by atoms with E-state index in [0.29, 0.717) is 31.3 Å². The number of halogens is 4. The molecule has 2 nitrogen and oxygen atoms in total. The van der Waals surface area contributed by atoms with Gasteiger partial charge in [-0.25, -0.2) is 0 Å². The molecule has 2 aromatic carbocycles. The Hall–Kier alpha value is -1.19. The molecule has 0 radical (unpaired) electrons. The van der Waals surface area contributed by atoms with Crippen molar-refractivity contribution in [1.29, 1.82) is 0 Å². The maximum atomic E-state index is 12.0. The number of carbonyl (C=O) groups is 1. The van der Waals surface area contributed by atoms with E-state index in [1.807, 2.05) is 0 Å². The van der Waals surface area contributed by atoms with E-state index in [1.54, 1.807) is 30.3 Å². The Morgan fingerprint density at radius 3 is 2.48 bits per heavy atom. The summed E-state index contributed by atoms with van der Waals surface area (Å²) in [4.78, 5) is 12.0. The van der Waals surface area contributed by atoms with Crippen LogP contribution in [0.5, 0.6) is 0 Å². The van der Waals surface area contributed by atoms with E-state index in [4.69, 9.17) is 46.4 Å². The van der Waals surface area contributed by atoms with Gasteiger partial charge in [0.25, 0.3) is 0 Å². The van der Waals surface area contributed by atoms with Crippen LogP contribution < -0.4 is 5.32 Å². The van der Waals surface area contributed by atoms with Crippen molar-refractivity contribution in [1.82, 2.24) is 0 Å². The molecule has 2 rings (SSSR count). The predicted octanol–water partition coefficient (Wildman–Crippen LogP) is 6.11. The number of hydrogen-bond acceptors (Lipinski definition) is 2. The number of carbonyl (C=O) groups excluding carboxylic acids is 1. The topological polar surface area (TPSA) is 29.1 Å². The molecule has 0 aromatic heterocycles. The molecule has 108 valence electrons. The van der Waals surface area contributed by atoms with Gasteiger partial charge in [-0.2, -0.15) is 0 Å². The van der Waals surface area contributed by atoms with Gasteiger partial charge in [0.2, 0.25) is 0 Å². The second kappa shape index (κ2) is 7.19. The van der Waals surface area contributed by atoms with Gasteiger partial charge in [-0.1, -0.05) is 52.5 Å². The number of nitrogens with one attached hydrogen (secondary N) is 1. The van der Waals surface area contributed by atoms with Crippen LogP contribution in [0, 0.1) is 0 Å². The van der Waals surface area contributed by atoms with Crippen LogP contribution in [0.3, 0.4) is 0 Å². The minimum Gasteiger partial charge on any atom is -0.360 e. The number of allylic oxidation sites excluding steroid dienone is 1. The van der Waals surface area contributed by atoms with Crippen molar-refractivity contribution in [2.24, 2.45) is 0 Å². The lowest BCUT2D eigenvalue weighted by Gasteiger charge is -2.05. The summed E-state index contributed by atoms with van der Waals surface area (Å²) < 4.78 is 0. The predicted molar refractivity (Wildman–Crippen MR) is 90.0 cm³/mol. The van der Waals surface area contributed by atoms with Crippen LogP contribution in [0.1, 0.15) is 10.4 Å². The second-order valence-corrected chi connectivity index (χ2v) is 5.70. The molecule has 0 aliphatic heterocycles. The van der Waals surface area contributed by atoms with Gasteiger partial charge in [0.1, 0.15) is 0 Å². The van der Waals surface area contributed by atoms with E-state index in [-0.39, 0.29) is 5.78 Å². The van der Waals surface area contributed by atoms with Crippen LogP contribution in [0.15, 0.2) is 48.7 Å². The van der Waals surface area contributed by atoms with Crippen molar-refractivity contribution < 1.29 is 4.79 Å². The SMILES string of the molecule is O=C(/C=C\Nc1cccc(Cl)c1Cl)c1ccc(Cl)cc1Cl. The Balaban J connectivity index is 2.11. The molecular formula is C15H9Cl4NO. The molecule has 1 N–H and O–H groups in total. The third-order valence-electron chi connectivity index (χ3n) is 2.62. The third-order valence-corrected chi connectivity index (χ3v) is 3.99. The quantitative estimate of drug-likeness (QED) is 0.526. The van der Waals surface area contributed by atoms with Crippen LogP contribution in [0.2, 0.25) is 20.1 Å². The summed E-state index contributed by atoms with van der Waals surface area (Å²) in [5.74, 6) is -0.248. The van der Waals surface area contributed by atoms with Gasteiger partial charge in [-0.3, -0.25) is 4.79 Å². The lowest BCUT2D eigenvalue weighted by atomic mass is 10.1. The summed E-state index contributed by atoms with van der Waals surface area (Å²) >= 11 is 23.7. The fraction of sp³-hybridized carbons (Fsp3) is 0. The highest BCUT2D eigenvalue weighted by Crippen LogP contribution is 2.29. The Kier molecular flexibility index (Phi) is 5.54. The van der Waals surface area contributed by atoms with E-state index in [2.05, 4.69) is 5.32 Å². The van der Waals surface area contributed by atoms with Crippen LogP contribution in [0.25, 0.3) is 0 Å². The van der Waals surface area contributed by atoms with Crippen molar-refractivity contribution in [3.63, 3.8) is 0 Å². The molecule has 0 aliphatic rings. The Bertz CT molecular complexity index is 713. The first-order chi connectivity index (χ1) is 9.99. The summed E-state index contributed by atoms with van der Waals surface area (Å²) in [6.45, 7) is 0. The smallest absolute Gasteiger partial charge is 0.188 e. The number of ketones is 1. The molecule has 0 aliphatic carbocycles. The van der Waals surface area contributed by atoms with E-state index in [0.717, 1.165) is 0 Å². The van der Waals surface area contributed by atoms with Gasteiger partial charge < -0.3 is 5.32 Å². The first-order valence-corrected chi connectivity index (χ1v) is 7.36. The van der Waals surface area contributed by atoms with Crippen molar-refractivity contribution in [3.05, 3.63) is 74.3 Å². The fourth-order valence-corrected chi connectivity index (χ4v) is 2.46. The minimum atomic E-state index is -0.248. The highest BCUT2D eigenvalue weighted by atomic mass is 35.5. The highest BCUT2D eigenvalue weighted by Gasteiger charge is 2.08. The molecule has 0 bridgehead atoms. The monoisotopic (exact) mass is 359 g/mol. The summed E-state index contributed by atoms with van der Waals surface area (Å²) in [7, 11) is 0. The fourth-order valence-electron chi connectivity index (χ4n) is 1.60. The van der Waals surface area contributed by atoms with Crippen molar-refractivity contribution in [2.45, 2.75) is 0 Å². The molecule has 0 saturated carbocycles. The highest BCUT2D eigenvalue weighted by molar-refractivity contribution is 6.43. The normalized spacial score (nSPS) is 10.9. The minimum absolute atomic E-state index is 0.248. The van der Waals surface area contributed by atoms with Gasteiger partial charge >= 0.3 is 0 Å². The van der Waals surface area contributed by atoms with Crippen molar-refractivity contribution in [2.75, 3.05) is 5.32 Å². The summed E-state index contributed by atoms with van der Waals surface area (Å²) in [5, 5.41) is 4.50. The number of anilines is 1. The Morgan fingerprint density at radius 2 is 1.76 bits per heavy atom. The zero-order chi connectivity index (χ0) is 15.4. The van der Waals surface area contributed by atoms with Gasteiger partial charge in [-0.05, 0) is 30.3 Å². The molecule has 0 saturated heterocycles. The largest absolute Gasteiger partial charge is 0.360 e. The maximum absolute atomic E-state index is 12.0. The second-order valence-electron chi connectivity index (χ2n) is 4.07. The number of benzene rings is 2. The zero-order valence-corrected chi connectivity index (χ0v) is 13.6. The average molecular weight is 361 g/mol. The van der Waals surface area contributed by atoms with E-state index >= 15 is 0 Å². The van der Waals surface area contributed by atoms with Crippen LogP contribution in [-0.2, 0) is 0 Å². The average Bonchev–Trinajstić information content (AvgIpc) is 2.43. The number of hydrogen-bond donors (Lipinski definition) is 1. The van der Waals surface area contributed by atoms with Crippen molar-refractivity contribution in [3.8, 4) is 0 Å². The first-order valence-electron chi connectivity index (χ1n) is 5.85. The van der Waals surface area contributed by atoms with E-state index < -0.39 is 0 Å². The molecule has 0 atom stereocenters. The molecule has 21 heavy (non-hydrogen) atoms. The molecule has 0 spiro atoms. The molecule has 0 amide bonds. The van der Waals surface area contributed by atoms with Gasteiger partial charge in [-0.15, -0.1) is 0 Å². The Labute approximate surface area is 142 Å². The summed E-state index contributed by atoms with van der Waals surface area (Å²) in [5.41, 5.74) is 0.978. The third kappa shape index (κ3) is 4.14. The summed E-state index contributed by atoms with van der Waals surface area (Å²) in [6, 6.07) is 9.88. The first kappa shape index (κ1) is 16.2. The number of rotatable bonds is 4. The van der Waals surface area contributed by atoms with Crippen molar-refractivity contribution >= 4 is 57.9 Å². The standard InChI is InChI=1S/C15H9Cl4NO/c16-9-4-5-10(12(18)8-9)14(21)6-7-20-13-3-1-2-11(17)15(13)19/h1-8,20H/b7-6-. The van der Waals surface area contributed by atoms with E-state index in [9.17, 15) is 4.79 Å². The van der Waals surface area contributed by atoms with Crippen LogP contribution in [0.4, 0.5) is 5.69 Å². The summed E-state index contributed by atoms with van der Waals surface area (Å²) in [6.07, 6.45) is 2.83. The van der Waals surface area contributed by atoms with E-state index in [1.165, 1.54) is 18.3 Å². The lowest BCUT2D eigenvalue weighted by Crippen LogP contribution is -1.97. The van der Waals surface area contributed by atoms with Crippen LogP contribution in [-0.4, -0.2) is 5.78 Å². The molecular weight excluding hydrogens is 352 g/mol. The Morgan fingerprint density at radius 1 is 1.00 bits per heavy atom. The lowest BCUT2D eigenvalue weighted by molar-refractivity contribution is 0.104. The molecule has 2 aromatic rings. The van der Waals surface area contributed by atoms with Crippen LogP contribution >= 0.6 is 46.4 Å². The molecule has 0 fully saturated rings. The zero-order valence-electron chi connectivity index (χ0n) is 10.5. The molecule has 0 heterocycles. The molecule has 6 heteroatoms.